The number of halogens is 2. The molecule has 3 rings (SSSR count). The van der Waals surface area contributed by atoms with Gasteiger partial charge in [-0.2, -0.15) is 0 Å². The van der Waals surface area contributed by atoms with E-state index in [-0.39, 0.29) is 16.2 Å². The molecule has 0 spiro atoms. The largest absolute Gasteiger partial charge is 0.495 e. The van der Waals surface area contributed by atoms with Gasteiger partial charge in [0.2, 0.25) is 0 Å². The number of ether oxygens (including phenoxy) is 1. The van der Waals surface area contributed by atoms with Crippen molar-refractivity contribution < 1.29 is 9.53 Å². The Balaban J connectivity index is 2.08. The van der Waals surface area contributed by atoms with Crippen LogP contribution < -0.4 is 9.64 Å². The van der Waals surface area contributed by atoms with Gasteiger partial charge < -0.3 is 9.64 Å². The first kappa shape index (κ1) is 16.1. The standard InChI is InChI=1S/C17H16Cl2N2O2/c1-10-6-7-21(16-12(10)4-3-5-13(16)23-2)17(22)11-8-14(18)20-15(19)9-11/h3-5,8-10H,6-7H2,1-2H3. The smallest absolute Gasteiger partial charge is 0.258 e. The van der Waals surface area contributed by atoms with E-state index in [9.17, 15) is 4.79 Å². The summed E-state index contributed by atoms with van der Waals surface area (Å²) in [6, 6.07) is 8.91. The SMILES string of the molecule is COc1cccc2c1N(C(=O)c1cc(Cl)nc(Cl)c1)CCC2C. The Morgan fingerprint density at radius 1 is 1.30 bits per heavy atom. The Morgan fingerprint density at radius 2 is 2.00 bits per heavy atom. The van der Waals surface area contributed by atoms with Gasteiger partial charge in [0.1, 0.15) is 16.1 Å². The molecule has 0 bridgehead atoms. The number of aromatic nitrogens is 1. The molecule has 0 fully saturated rings. The van der Waals surface area contributed by atoms with Crippen LogP contribution >= 0.6 is 23.2 Å². The number of amides is 1. The van der Waals surface area contributed by atoms with Gasteiger partial charge in [0.25, 0.3) is 5.91 Å². The number of rotatable bonds is 2. The van der Waals surface area contributed by atoms with Crippen LogP contribution in [0.4, 0.5) is 5.69 Å². The lowest BCUT2D eigenvalue weighted by molar-refractivity contribution is 0.0983. The second-order valence-electron chi connectivity index (χ2n) is 5.55. The van der Waals surface area contributed by atoms with Crippen molar-refractivity contribution in [3.63, 3.8) is 0 Å². The maximum absolute atomic E-state index is 13.0. The van der Waals surface area contributed by atoms with Gasteiger partial charge >= 0.3 is 0 Å². The highest BCUT2D eigenvalue weighted by Crippen LogP contribution is 2.42. The summed E-state index contributed by atoms with van der Waals surface area (Å²) >= 11 is 11.8. The molecule has 0 radical (unpaired) electrons. The summed E-state index contributed by atoms with van der Waals surface area (Å²) in [5.41, 5.74) is 2.35. The van der Waals surface area contributed by atoms with Crippen LogP contribution in [-0.4, -0.2) is 24.5 Å². The summed E-state index contributed by atoms with van der Waals surface area (Å²) in [6.07, 6.45) is 0.887. The van der Waals surface area contributed by atoms with Crippen molar-refractivity contribution in [2.75, 3.05) is 18.6 Å². The van der Waals surface area contributed by atoms with Gasteiger partial charge in [-0.15, -0.1) is 0 Å². The Bertz CT molecular complexity index is 744. The number of benzene rings is 1. The topological polar surface area (TPSA) is 42.4 Å². The van der Waals surface area contributed by atoms with Gasteiger partial charge in [0.15, 0.2) is 0 Å². The molecule has 1 atom stereocenters. The summed E-state index contributed by atoms with van der Waals surface area (Å²) in [4.78, 5) is 18.6. The monoisotopic (exact) mass is 350 g/mol. The van der Waals surface area contributed by atoms with E-state index >= 15 is 0 Å². The average Bonchev–Trinajstić information content (AvgIpc) is 2.53. The fraction of sp³-hybridized carbons (Fsp3) is 0.294. The molecule has 0 saturated heterocycles. The highest BCUT2D eigenvalue weighted by molar-refractivity contribution is 6.33. The maximum atomic E-state index is 13.0. The van der Waals surface area contributed by atoms with E-state index in [1.807, 2.05) is 18.2 Å². The van der Waals surface area contributed by atoms with Crippen molar-refractivity contribution in [2.45, 2.75) is 19.3 Å². The third kappa shape index (κ3) is 3.01. The van der Waals surface area contributed by atoms with Crippen LogP contribution in [0.15, 0.2) is 30.3 Å². The lowest BCUT2D eigenvalue weighted by Gasteiger charge is -2.34. The van der Waals surface area contributed by atoms with Crippen LogP contribution in [0.25, 0.3) is 0 Å². The molecule has 1 aliphatic rings. The second kappa shape index (κ2) is 6.38. The molecule has 120 valence electrons. The fourth-order valence-corrected chi connectivity index (χ4v) is 3.39. The second-order valence-corrected chi connectivity index (χ2v) is 6.32. The van der Waals surface area contributed by atoms with Gasteiger partial charge in [0.05, 0.1) is 12.8 Å². The maximum Gasteiger partial charge on any atom is 0.258 e. The van der Waals surface area contributed by atoms with E-state index in [0.717, 1.165) is 17.7 Å². The molecular weight excluding hydrogens is 335 g/mol. The molecule has 1 unspecified atom stereocenters. The quantitative estimate of drug-likeness (QED) is 0.746. The first-order valence-electron chi connectivity index (χ1n) is 7.33. The van der Waals surface area contributed by atoms with Crippen molar-refractivity contribution in [2.24, 2.45) is 0 Å². The predicted octanol–water partition coefficient (Wildman–Crippen LogP) is 4.55. The van der Waals surface area contributed by atoms with Crippen molar-refractivity contribution in [3.05, 3.63) is 51.8 Å². The van der Waals surface area contributed by atoms with Gasteiger partial charge in [-0.1, -0.05) is 42.3 Å². The van der Waals surface area contributed by atoms with Crippen LogP contribution in [0.5, 0.6) is 5.75 Å². The average molecular weight is 351 g/mol. The van der Waals surface area contributed by atoms with E-state index in [1.165, 1.54) is 12.1 Å². The molecule has 1 aromatic carbocycles. The molecular formula is C17H16Cl2N2O2. The van der Waals surface area contributed by atoms with Crippen molar-refractivity contribution in [3.8, 4) is 5.75 Å². The number of anilines is 1. The molecule has 0 aliphatic carbocycles. The van der Waals surface area contributed by atoms with Crippen molar-refractivity contribution in [1.29, 1.82) is 0 Å². The third-order valence-electron chi connectivity index (χ3n) is 4.09. The van der Waals surface area contributed by atoms with E-state index in [2.05, 4.69) is 11.9 Å². The highest BCUT2D eigenvalue weighted by Gasteiger charge is 2.30. The molecule has 6 heteroatoms. The molecule has 4 nitrogen and oxygen atoms in total. The van der Waals surface area contributed by atoms with E-state index in [1.54, 1.807) is 12.0 Å². The molecule has 1 amide bonds. The summed E-state index contributed by atoms with van der Waals surface area (Å²) in [6.45, 7) is 2.77. The third-order valence-corrected chi connectivity index (χ3v) is 4.48. The first-order valence-corrected chi connectivity index (χ1v) is 8.08. The van der Waals surface area contributed by atoms with Gasteiger partial charge in [-0.25, -0.2) is 4.98 Å². The number of carbonyl (C=O) groups is 1. The van der Waals surface area contributed by atoms with Crippen molar-refractivity contribution >= 4 is 34.8 Å². The van der Waals surface area contributed by atoms with Crippen LogP contribution in [0.2, 0.25) is 10.3 Å². The Hall–Kier alpha value is -1.78. The minimum Gasteiger partial charge on any atom is -0.495 e. The fourth-order valence-electron chi connectivity index (χ4n) is 2.93. The zero-order valence-electron chi connectivity index (χ0n) is 12.8. The molecule has 0 N–H and O–H groups in total. The van der Waals surface area contributed by atoms with E-state index < -0.39 is 0 Å². The summed E-state index contributed by atoms with van der Waals surface area (Å²) in [7, 11) is 1.61. The zero-order chi connectivity index (χ0) is 16.6. The minimum absolute atomic E-state index is 0.158. The van der Waals surface area contributed by atoms with E-state index in [4.69, 9.17) is 27.9 Å². The Labute approximate surface area is 145 Å². The van der Waals surface area contributed by atoms with Crippen LogP contribution in [0.3, 0.4) is 0 Å². The number of hydrogen-bond acceptors (Lipinski definition) is 3. The normalized spacial score (nSPS) is 16.9. The number of hydrogen-bond donors (Lipinski definition) is 0. The molecule has 1 aliphatic heterocycles. The van der Waals surface area contributed by atoms with Gasteiger partial charge in [0, 0.05) is 12.1 Å². The summed E-state index contributed by atoms with van der Waals surface area (Å²) in [5, 5.41) is 0.401. The van der Waals surface area contributed by atoms with Crippen LogP contribution in [-0.2, 0) is 0 Å². The van der Waals surface area contributed by atoms with Crippen molar-refractivity contribution in [1.82, 2.24) is 4.98 Å². The first-order chi connectivity index (χ1) is 11.0. The van der Waals surface area contributed by atoms with Crippen LogP contribution in [0.1, 0.15) is 35.2 Å². The molecule has 1 aromatic heterocycles. The zero-order valence-corrected chi connectivity index (χ0v) is 14.4. The number of carbonyl (C=O) groups excluding carboxylic acids is 1. The number of fused-ring (bicyclic) bond motifs is 1. The summed E-state index contributed by atoms with van der Waals surface area (Å²) in [5.74, 6) is 0.899. The lowest BCUT2D eigenvalue weighted by Crippen LogP contribution is -2.36. The number of methoxy groups -OCH3 is 1. The molecule has 2 aromatic rings. The van der Waals surface area contributed by atoms with Gasteiger partial charge in [-0.3, -0.25) is 4.79 Å². The molecule has 23 heavy (non-hydrogen) atoms. The summed E-state index contributed by atoms with van der Waals surface area (Å²) < 4.78 is 5.47. The highest BCUT2D eigenvalue weighted by atomic mass is 35.5. The molecule has 0 saturated carbocycles. The van der Waals surface area contributed by atoms with E-state index in [0.29, 0.717) is 23.8 Å². The van der Waals surface area contributed by atoms with Gasteiger partial charge in [-0.05, 0) is 36.1 Å². The Kier molecular flexibility index (Phi) is 4.46. The number of nitrogens with zero attached hydrogens (tertiary/aromatic N) is 2. The lowest BCUT2D eigenvalue weighted by atomic mass is 9.90. The Morgan fingerprint density at radius 3 is 2.65 bits per heavy atom. The van der Waals surface area contributed by atoms with Crippen LogP contribution in [0, 0.1) is 0 Å². The minimum atomic E-state index is -0.158. The number of pyridine rings is 1. The molecule has 2 heterocycles. The predicted molar refractivity (Wildman–Crippen MR) is 92.0 cm³/mol. The number of para-hydroxylation sites is 1.